The van der Waals surface area contributed by atoms with Gasteiger partial charge < -0.3 is 10.1 Å². The topological polar surface area (TPSA) is 51.2 Å². The average Bonchev–Trinajstić information content (AvgIpc) is 2.60. The van der Waals surface area contributed by atoms with Crippen LogP contribution in [0.25, 0.3) is 10.9 Å². The van der Waals surface area contributed by atoms with E-state index in [0.29, 0.717) is 12.8 Å². The predicted octanol–water partition coefficient (Wildman–Crippen LogP) is 4.58. The number of ether oxygens (including phenoxy) is 1. The number of aryl methyl sites for hydroxylation is 1. The monoisotopic (exact) mass is 384 g/mol. The van der Waals surface area contributed by atoms with Crippen molar-refractivity contribution in [1.29, 1.82) is 0 Å². The molecule has 0 aliphatic rings. The number of carbonyl (C=O) groups is 1. The molecule has 3 aromatic rings. The fraction of sp³-hybridized carbons (Fsp3) is 0.158. The van der Waals surface area contributed by atoms with Gasteiger partial charge in [0.05, 0.1) is 22.8 Å². The van der Waals surface area contributed by atoms with Crippen LogP contribution in [0.1, 0.15) is 12.0 Å². The molecule has 2 aromatic carbocycles. The van der Waals surface area contributed by atoms with Gasteiger partial charge in [0.2, 0.25) is 5.91 Å². The van der Waals surface area contributed by atoms with E-state index in [1.807, 2.05) is 48.5 Å². The van der Waals surface area contributed by atoms with Crippen molar-refractivity contribution in [3.63, 3.8) is 0 Å². The van der Waals surface area contributed by atoms with Crippen molar-refractivity contribution >= 4 is 38.4 Å². The Hall–Kier alpha value is -2.40. The summed E-state index contributed by atoms with van der Waals surface area (Å²) in [4.78, 5) is 16.6. The molecule has 1 N–H and O–H groups in total. The number of nitrogens with one attached hydrogen (secondary N) is 1. The second kappa shape index (κ2) is 7.45. The molecule has 0 spiro atoms. The lowest BCUT2D eigenvalue weighted by Crippen LogP contribution is -2.12. The lowest BCUT2D eigenvalue weighted by atomic mass is 10.1. The zero-order chi connectivity index (χ0) is 16.9. The van der Waals surface area contributed by atoms with Crippen molar-refractivity contribution in [2.75, 3.05) is 12.4 Å². The number of methoxy groups -OCH3 is 1. The molecule has 0 aliphatic heterocycles. The van der Waals surface area contributed by atoms with Gasteiger partial charge in [-0.25, -0.2) is 0 Å². The minimum atomic E-state index is -0.0155. The highest BCUT2D eigenvalue weighted by Crippen LogP contribution is 2.26. The van der Waals surface area contributed by atoms with Gasteiger partial charge in [0.25, 0.3) is 0 Å². The van der Waals surface area contributed by atoms with Crippen molar-refractivity contribution in [2.24, 2.45) is 0 Å². The van der Waals surface area contributed by atoms with E-state index in [9.17, 15) is 4.79 Å². The number of pyridine rings is 1. The van der Waals surface area contributed by atoms with Gasteiger partial charge in [-0.05, 0) is 64.3 Å². The third-order valence-corrected chi connectivity index (χ3v) is 4.40. The van der Waals surface area contributed by atoms with E-state index in [1.54, 1.807) is 13.3 Å². The van der Waals surface area contributed by atoms with Gasteiger partial charge in [-0.2, -0.15) is 0 Å². The maximum Gasteiger partial charge on any atom is 0.224 e. The molecule has 1 aromatic heterocycles. The van der Waals surface area contributed by atoms with Crippen LogP contribution in [-0.2, 0) is 11.2 Å². The number of nitrogens with zero attached hydrogens (tertiary/aromatic N) is 1. The average molecular weight is 385 g/mol. The molecule has 0 unspecified atom stereocenters. The number of benzene rings is 2. The number of anilines is 1. The molecule has 0 atom stereocenters. The van der Waals surface area contributed by atoms with Gasteiger partial charge in [0, 0.05) is 18.0 Å². The Labute approximate surface area is 149 Å². The Morgan fingerprint density at radius 1 is 1.21 bits per heavy atom. The van der Waals surface area contributed by atoms with Gasteiger partial charge in [-0.15, -0.1) is 0 Å². The lowest BCUT2D eigenvalue weighted by molar-refractivity contribution is -0.116. The highest BCUT2D eigenvalue weighted by atomic mass is 79.9. The Balaban J connectivity index is 1.66. The number of hydrogen-bond acceptors (Lipinski definition) is 3. The lowest BCUT2D eigenvalue weighted by Gasteiger charge is -2.09. The summed E-state index contributed by atoms with van der Waals surface area (Å²) >= 11 is 3.46. The van der Waals surface area contributed by atoms with E-state index in [-0.39, 0.29) is 5.91 Å². The van der Waals surface area contributed by atoms with Crippen LogP contribution < -0.4 is 10.1 Å². The summed E-state index contributed by atoms with van der Waals surface area (Å²) in [6, 6.07) is 15.4. The van der Waals surface area contributed by atoms with Gasteiger partial charge in [-0.3, -0.25) is 9.78 Å². The zero-order valence-electron chi connectivity index (χ0n) is 13.3. The minimum absolute atomic E-state index is 0.0155. The largest absolute Gasteiger partial charge is 0.496 e. The smallest absolute Gasteiger partial charge is 0.224 e. The summed E-state index contributed by atoms with van der Waals surface area (Å²) in [6.07, 6.45) is 2.82. The third-order valence-electron chi connectivity index (χ3n) is 3.78. The van der Waals surface area contributed by atoms with Crippen LogP contribution in [0, 0.1) is 0 Å². The van der Waals surface area contributed by atoms with E-state index in [4.69, 9.17) is 4.74 Å². The number of fused-ring (bicyclic) bond motifs is 1. The Morgan fingerprint density at radius 3 is 2.88 bits per heavy atom. The molecule has 1 heterocycles. The second-order valence-electron chi connectivity index (χ2n) is 5.39. The maximum absolute atomic E-state index is 12.3. The first-order chi connectivity index (χ1) is 11.7. The first kappa shape index (κ1) is 16.5. The SMILES string of the molecule is COc1ccc(CCC(=O)Nc2cccc3ncccc23)cc1Br. The van der Waals surface area contributed by atoms with Gasteiger partial charge >= 0.3 is 0 Å². The molecule has 4 nitrogen and oxygen atoms in total. The Bertz CT molecular complexity index is 875. The summed E-state index contributed by atoms with van der Waals surface area (Å²) in [5.74, 6) is 0.768. The molecular weight excluding hydrogens is 368 g/mol. The molecule has 0 fully saturated rings. The van der Waals surface area contributed by atoms with E-state index < -0.39 is 0 Å². The second-order valence-corrected chi connectivity index (χ2v) is 6.25. The van der Waals surface area contributed by atoms with Gasteiger partial charge in [-0.1, -0.05) is 12.1 Å². The molecule has 1 amide bonds. The summed E-state index contributed by atoms with van der Waals surface area (Å²) < 4.78 is 6.11. The van der Waals surface area contributed by atoms with E-state index >= 15 is 0 Å². The Kier molecular flexibility index (Phi) is 5.11. The maximum atomic E-state index is 12.3. The normalized spacial score (nSPS) is 10.6. The highest BCUT2D eigenvalue weighted by Gasteiger charge is 2.08. The molecule has 122 valence electrons. The van der Waals surface area contributed by atoms with Crippen LogP contribution >= 0.6 is 15.9 Å². The standard InChI is InChI=1S/C19H17BrN2O2/c1-24-18-9-7-13(12-15(18)20)8-10-19(23)22-17-6-2-5-16-14(17)4-3-11-21-16/h2-7,9,11-12H,8,10H2,1H3,(H,22,23). The number of hydrogen-bond donors (Lipinski definition) is 1. The fourth-order valence-corrected chi connectivity index (χ4v) is 3.14. The fourth-order valence-electron chi connectivity index (χ4n) is 2.55. The molecule has 0 saturated carbocycles. The van der Waals surface area contributed by atoms with E-state index in [1.165, 1.54) is 0 Å². The van der Waals surface area contributed by atoms with Crippen LogP contribution in [-0.4, -0.2) is 18.0 Å². The van der Waals surface area contributed by atoms with E-state index in [0.717, 1.165) is 32.4 Å². The number of aromatic nitrogens is 1. The summed E-state index contributed by atoms with van der Waals surface area (Å²) in [5.41, 5.74) is 2.74. The van der Waals surface area contributed by atoms with Gasteiger partial charge in [0.15, 0.2) is 0 Å². The quantitative estimate of drug-likeness (QED) is 0.700. The van der Waals surface area contributed by atoms with Crippen molar-refractivity contribution in [2.45, 2.75) is 12.8 Å². The van der Waals surface area contributed by atoms with Crippen molar-refractivity contribution in [3.05, 3.63) is 64.8 Å². The third kappa shape index (κ3) is 3.74. The van der Waals surface area contributed by atoms with Gasteiger partial charge in [0.1, 0.15) is 5.75 Å². The minimum Gasteiger partial charge on any atom is -0.496 e. The number of amides is 1. The number of rotatable bonds is 5. The molecule has 24 heavy (non-hydrogen) atoms. The summed E-state index contributed by atoms with van der Waals surface area (Å²) in [5, 5.41) is 3.92. The predicted molar refractivity (Wildman–Crippen MR) is 99.4 cm³/mol. The number of halogens is 1. The first-order valence-electron chi connectivity index (χ1n) is 7.63. The molecule has 0 aliphatic carbocycles. The molecule has 5 heteroatoms. The van der Waals surface area contributed by atoms with Crippen LogP contribution in [0.3, 0.4) is 0 Å². The first-order valence-corrected chi connectivity index (χ1v) is 8.42. The zero-order valence-corrected chi connectivity index (χ0v) is 14.8. The van der Waals surface area contributed by atoms with Crippen LogP contribution in [0.4, 0.5) is 5.69 Å². The molecular formula is C19H17BrN2O2. The van der Waals surface area contributed by atoms with Crippen LogP contribution in [0.5, 0.6) is 5.75 Å². The van der Waals surface area contributed by atoms with Crippen LogP contribution in [0.2, 0.25) is 0 Å². The highest BCUT2D eigenvalue weighted by molar-refractivity contribution is 9.10. The molecule has 0 saturated heterocycles. The summed E-state index contributed by atoms with van der Waals surface area (Å²) in [7, 11) is 1.63. The van der Waals surface area contributed by atoms with Crippen molar-refractivity contribution < 1.29 is 9.53 Å². The van der Waals surface area contributed by atoms with E-state index in [2.05, 4.69) is 26.2 Å². The van der Waals surface area contributed by atoms with Crippen LogP contribution in [0.15, 0.2) is 59.2 Å². The van der Waals surface area contributed by atoms with Crippen molar-refractivity contribution in [1.82, 2.24) is 4.98 Å². The number of carbonyl (C=O) groups excluding carboxylic acids is 1. The summed E-state index contributed by atoms with van der Waals surface area (Å²) in [6.45, 7) is 0. The Morgan fingerprint density at radius 2 is 2.08 bits per heavy atom. The molecule has 3 rings (SSSR count). The van der Waals surface area contributed by atoms with Crippen molar-refractivity contribution in [3.8, 4) is 5.75 Å². The molecule has 0 bridgehead atoms. The molecule has 0 radical (unpaired) electrons.